The highest BCUT2D eigenvalue weighted by Crippen LogP contribution is 2.15. The SMILES string of the molecule is CCCNCc1cnc(SCC(C)CO)nc1. The fourth-order valence-electron chi connectivity index (χ4n) is 1.19. The minimum atomic E-state index is 0.214. The Labute approximate surface area is 107 Å². The predicted octanol–water partition coefficient (Wildman–Crippen LogP) is 1.70. The Bertz CT molecular complexity index is 305. The predicted molar refractivity (Wildman–Crippen MR) is 71.0 cm³/mol. The fraction of sp³-hybridized carbons (Fsp3) is 0.667. The minimum Gasteiger partial charge on any atom is -0.396 e. The van der Waals surface area contributed by atoms with Gasteiger partial charge in [0.15, 0.2) is 5.16 Å². The van der Waals surface area contributed by atoms with Crippen molar-refractivity contribution in [3.05, 3.63) is 18.0 Å². The summed E-state index contributed by atoms with van der Waals surface area (Å²) in [7, 11) is 0. The van der Waals surface area contributed by atoms with Crippen LogP contribution in [0.25, 0.3) is 0 Å². The molecule has 1 unspecified atom stereocenters. The van der Waals surface area contributed by atoms with Crippen LogP contribution >= 0.6 is 11.8 Å². The summed E-state index contributed by atoms with van der Waals surface area (Å²) >= 11 is 1.59. The molecule has 4 nitrogen and oxygen atoms in total. The fourth-order valence-corrected chi connectivity index (χ4v) is 1.98. The van der Waals surface area contributed by atoms with Crippen LogP contribution < -0.4 is 5.32 Å². The molecule has 0 saturated heterocycles. The lowest BCUT2D eigenvalue weighted by Gasteiger charge is -2.06. The molecule has 0 aliphatic rings. The van der Waals surface area contributed by atoms with Crippen LogP contribution in [0.1, 0.15) is 25.8 Å². The Balaban J connectivity index is 2.34. The smallest absolute Gasteiger partial charge is 0.187 e. The molecular weight excluding hydrogens is 234 g/mol. The maximum atomic E-state index is 8.91. The first-order chi connectivity index (χ1) is 8.26. The van der Waals surface area contributed by atoms with E-state index in [4.69, 9.17) is 5.11 Å². The van der Waals surface area contributed by atoms with Crippen molar-refractivity contribution in [3.63, 3.8) is 0 Å². The number of nitrogens with zero attached hydrogens (tertiary/aromatic N) is 2. The lowest BCUT2D eigenvalue weighted by Crippen LogP contribution is -2.14. The summed E-state index contributed by atoms with van der Waals surface area (Å²) in [4.78, 5) is 8.59. The summed E-state index contributed by atoms with van der Waals surface area (Å²) in [5.41, 5.74) is 1.11. The number of aliphatic hydroxyl groups is 1. The van der Waals surface area contributed by atoms with E-state index in [1.165, 1.54) is 0 Å². The van der Waals surface area contributed by atoms with Crippen LogP contribution in [0.2, 0.25) is 0 Å². The number of nitrogens with one attached hydrogen (secondary N) is 1. The van der Waals surface area contributed by atoms with Gasteiger partial charge >= 0.3 is 0 Å². The van der Waals surface area contributed by atoms with Crippen LogP contribution in [0.5, 0.6) is 0 Å². The topological polar surface area (TPSA) is 58.0 Å². The summed E-state index contributed by atoms with van der Waals surface area (Å²) in [5.74, 6) is 1.14. The number of rotatable bonds is 8. The number of hydrogen-bond donors (Lipinski definition) is 2. The van der Waals surface area contributed by atoms with Gasteiger partial charge in [-0.2, -0.15) is 0 Å². The van der Waals surface area contributed by atoms with Gasteiger partial charge in [-0.15, -0.1) is 0 Å². The Morgan fingerprint density at radius 3 is 2.71 bits per heavy atom. The van der Waals surface area contributed by atoms with E-state index in [9.17, 15) is 0 Å². The van der Waals surface area contributed by atoms with Crippen molar-refractivity contribution in [2.45, 2.75) is 32.0 Å². The van der Waals surface area contributed by atoms with E-state index < -0.39 is 0 Å². The minimum absolute atomic E-state index is 0.214. The van der Waals surface area contributed by atoms with Crippen molar-refractivity contribution >= 4 is 11.8 Å². The van der Waals surface area contributed by atoms with E-state index in [0.29, 0.717) is 0 Å². The van der Waals surface area contributed by atoms with E-state index in [0.717, 1.165) is 36.0 Å². The third-order valence-corrected chi connectivity index (χ3v) is 3.45. The molecule has 96 valence electrons. The van der Waals surface area contributed by atoms with Crippen molar-refractivity contribution in [3.8, 4) is 0 Å². The van der Waals surface area contributed by atoms with Crippen molar-refractivity contribution < 1.29 is 5.11 Å². The molecule has 5 heteroatoms. The first-order valence-electron chi connectivity index (χ1n) is 6.01. The summed E-state index contributed by atoms with van der Waals surface area (Å²) in [5, 5.41) is 13.0. The van der Waals surface area contributed by atoms with Crippen LogP contribution in [-0.4, -0.2) is 34.0 Å². The van der Waals surface area contributed by atoms with Crippen LogP contribution in [0, 0.1) is 5.92 Å². The molecule has 0 fully saturated rings. The third kappa shape index (κ3) is 6.00. The quantitative estimate of drug-likeness (QED) is 0.420. The molecule has 0 saturated carbocycles. The van der Waals surface area contributed by atoms with Crippen molar-refractivity contribution in [2.24, 2.45) is 5.92 Å². The zero-order chi connectivity index (χ0) is 12.5. The van der Waals surface area contributed by atoms with Crippen molar-refractivity contribution in [1.29, 1.82) is 0 Å². The molecule has 0 spiro atoms. The summed E-state index contributed by atoms with van der Waals surface area (Å²) in [6, 6.07) is 0. The van der Waals surface area contributed by atoms with E-state index in [2.05, 4.69) is 22.2 Å². The van der Waals surface area contributed by atoms with Crippen LogP contribution in [0.15, 0.2) is 17.6 Å². The maximum absolute atomic E-state index is 8.91. The first kappa shape index (κ1) is 14.4. The van der Waals surface area contributed by atoms with Crippen molar-refractivity contribution in [2.75, 3.05) is 18.9 Å². The second-order valence-corrected chi connectivity index (χ2v) is 5.14. The Morgan fingerprint density at radius 1 is 1.41 bits per heavy atom. The Kier molecular flexibility index (Phi) is 7.16. The molecule has 2 N–H and O–H groups in total. The highest BCUT2D eigenvalue weighted by Gasteiger charge is 2.03. The average Bonchev–Trinajstić information content (AvgIpc) is 2.37. The number of aromatic nitrogens is 2. The standard InChI is InChI=1S/C12H21N3OS/c1-3-4-13-5-11-6-14-12(15-7-11)17-9-10(2)8-16/h6-7,10,13,16H,3-5,8-9H2,1-2H3. The molecule has 0 aliphatic heterocycles. The molecule has 1 rings (SSSR count). The first-order valence-corrected chi connectivity index (χ1v) is 7.00. The summed E-state index contributed by atoms with van der Waals surface area (Å²) in [6.07, 6.45) is 4.86. The number of hydrogen-bond acceptors (Lipinski definition) is 5. The zero-order valence-corrected chi connectivity index (χ0v) is 11.3. The molecule has 1 aromatic rings. The molecule has 0 aromatic carbocycles. The van der Waals surface area contributed by atoms with Crippen LogP contribution in [-0.2, 0) is 6.54 Å². The van der Waals surface area contributed by atoms with Gasteiger partial charge in [0.1, 0.15) is 0 Å². The second-order valence-electron chi connectivity index (χ2n) is 4.15. The molecule has 0 bridgehead atoms. The van der Waals surface area contributed by atoms with Gasteiger partial charge in [-0.25, -0.2) is 9.97 Å². The highest BCUT2D eigenvalue weighted by molar-refractivity contribution is 7.99. The third-order valence-electron chi connectivity index (χ3n) is 2.25. The summed E-state index contributed by atoms with van der Waals surface area (Å²) < 4.78 is 0. The Hall–Kier alpha value is -0.650. The molecule has 1 aromatic heterocycles. The van der Waals surface area contributed by atoms with Crippen LogP contribution in [0.4, 0.5) is 0 Å². The van der Waals surface area contributed by atoms with Crippen LogP contribution in [0.3, 0.4) is 0 Å². The molecule has 0 aliphatic carbocycles. The molecule has 0 amide bonds. The van der Waals surface area contributed by atoms with Gasteiger partial charge in [0.05, 0.1) is 0 Å². The van der Waals surface area contributed by atoms with Gasteiger partial charge in [0, 0.05) is 36.9 Å². The molecular formula is C12H21N3OS. The van der Waals surface area contributed by atoms with Gasteiger partial charge < -0.3 is 10.4 Å². The molecule has 0 radical (unpaired) electrons. The van der Waals surface area contributed by atoms with E-state index >= 15 is 0 Å². The van der Waals surface area contributed by atoms with E-state index in [-0.39, 0.29) is 12.5 Å². The normalized spacial score (nSPS) is 12.6. The number of thioether (sulfide) groups is 1. The van der Waals surface area contributed by atoms with E-state index in [1.54, 1.807) is 11.8 Å². The lowest BCUT2D eigenvalue weighted by molar-refractivity contribution is 0.250. The average molecular weight is 255 g/mol. The zero-order valence-electron chi connectivity index (χ0n) is 10.5. The monoisotopic (exact) mass is 255 g/mol. The summed E-state index contributed by atoms with van der Waals surface area (Å²) in [6.45, 7) is 6.21. The van der Waals surface area contributed by atoms with Gasteiger partial charge in [-0.3, -0.25) is 0 Å². The van der Waals surface area contributed by atoms with Gasteiger partial charge in [0.2, 0.25) is 0 Å². The van der Waals surface area contributed by atoms with Gasteiger partial charge in [-0.1, -0.05) is 25.6 Å². The van der Waals surface area contributed by atoms with Crippen molar-refractivity contribution in [1.82, 2.24) is 15.3 Å². The number of aliphatic hydroxyl groups excluding tert-OH is 1. The highest BCUT2D eigenvalue weighted by atomic mass is 32.2. The van der Waals surface area contributed by atoms with Gasteiger partial charge in [0.25, 0.3) is 0 Å². The van der Waals surface area contributed by atoms with Gasteiger partial charge in [-0.05, 0) is 18.9 Å². The molecule has 17 heavy (non-hydrogen) atoms. The largest absolute Gasteiger partial charge is 0.396 e. The second kappa shape index (κ2) is 8.44. The Morgan fingerprint density at radius 2 is 2.12 bits per heavy atom. The molecule has 1 atom stereocenters. The maximum Gasteiger partial charge on any atom is 0.187 e. The molecule has 1 heterocycles. The lowest BCUT2D eigenvalue weighted by atomic mass is 10.2. The van der Waals surface area contributed by atoms with E-state index in [1.807, 2.05) is 19.3 Å².